The Labute approximate surface area is 114 Å². The summed E-state index contributed by atoms with van der Waals surface area (Å²) >= 11 is 0. The lowest BCUT2D eigenvalue weighted by Gasteiger charge is -2.09. The second-order valence-corrected chi connectivity index (χ2v) is 3.98. The highest BCUT2D eigenvalue weighted by molar-refractivity contribution is 5.81. The Morgan fingerprint density at radius 3 is 2.58 bits per heavy atom. The van der Waals surface area contributed by atoms with Gasteiger partial charge in [0, 0.05) is 6.08 Å². The van der Waals surface area contributed by atoms with Crippen molar-refractivity contribution in [1.29, 1.82) is 0 Å². The highest BCUT2D eigenvalue weighted by Crippen LogP contribution is 2.12. The first-order valence-corrected chi connectivity index (χ1v) is 6.25. The first-order chi connectivity index (χ1) is 9.15. The summed E-state index contributed by atoms with van der Waals surface area (Å²) in [5.41, 5.74) is 1.05. The first-order valence-electron chi connectivity index (χ1n) is 6.25. The molecule has 1 rings (SSSR count). The lowest BCUT2D eigenvalue weighted by Crippen LogP contribution is -2.06. The molecule has 0 heterocycles. The van der Waals surface area contributed by atoms with Crippen LogP contribution in [0.1, 0.15) is 19.4 Å². The molecule has 19 heavy (non-hydrogen) atoms. The van der Waals surface area contributed by atoms with Gasteiger partial charge in [-0.05, 0) is 37.6 Å². The summed E-state index contributed by atoms with van der Waals surface area (Å²) in [6.07, 6.45) is 2.93. The Morgan fingerprint density at radius 1 is 1.32 bits per heavy atom. The van der Waals surface area contributed by atoms with Crippen LogP contribution in [0.3, 0.4) is 0 Å². The van der Waals surface area contributed by atoms with Crippen LogP contribution in [0.15, 0.2) is 36.4 Å². The third kappa shape index (κ3) is 6.06. The maximum atomic E-state index is 11.1. The molecule has 0 aliphatic heterocycles. The van der Waals surface area contributed by atoms with Crippen molar-refractivity contribution in [3.05, 3.63) is 42.0 Å². The third-order valence-corrected chi connectivity index (χ3v) is 2.46. The maximum absolute atomic E-state index is 11.1. The average molecular weight is 264 g/mol. The molecule has 0 bridgehead atoms. The number of ether oxygens (including phenoxy) is 3. The van der Waals surface area contributed by atoms with Crippen molar-refractivity contribution in [1.82, 2.24) is 0 Å². The van der Waals surface area contributed by atoms with Crippen molar-refractivity contribution in [3.63, 3.8) is 0 Å². The maximum Gasteiger partial charge on any atom is 0.330 e. The molecule has 1 aromatic rings. The molecule has 0 aliphatic rings. The van der Waals surface area contributed by atoms with Gasteiger partial charge in [0.25, 0.3) is 0 Å². The summed E-state index contributed by atoms with van der Waals surface area (Å²) in [5.74, 6) is 0.474. The normalized spacial score (nSPS) is 12.4. The zero-order valence-electron chi connectivity index (χ0n) is 11.6. The summed E-state index contributed by atoms with van der Waals surface area (Å²) in [7, 11) is 1.63. The van der Waals surface area contributed by atoms with Crippen molar-refractivity contribution in [2.45, 2.75) is 26.6 Å². The van der Waals surface area contributed by atoms with Crippen LogP contribution in [0.5, 0.6) is 5.75 Å². The smallest absolute Gasteiger partial charge is 0.330 e. The van der Waals surface area contributed by atoms with E-state index in [0.717, 1.165) is 11.3 Å². The van der Waals surface area contributed by atoms with Gasteiger partial charge in [0.1, 0.15) is 5.75 Å². The van der Waals surface area contributed by atoms with Gasteiger partial charge in [0.2, 0.25) is 0 Å². The molecule has 0 radical (unpaired) electrons. The predicted octanol–water partition coefficient (Wildman–Crippen LogP) is 2.72. The number of hydrogen-bond acceptors (Lipinski definition) is 4. The lowest BCUT2D eigenvalue weighted by atomic mass is 10.2. The van der Waals surface area contributed by atoms with Crippen LogP contribution >= 0.6 is 0 Å². The van der Waals surface area contributed by atoms with Gasteiger partial charge in [-0.2, -0.15) is 0 Å². The van der Waals surface area contributed by atoms with Crippen LogP contribution in [0, 0.1) is 0 Å². The number of hydrogen-bond donors (Lipinski definition) is 0. The number of benzene rings is 1. The molecule has 0 saturated carbocycles. The topological polar surface area (TPSA) is 44.8 Å². The van der Waals surface area contributed by atoms with E-state index in [-0.39, 0.29) is 12.1 Å². The van der Waals surface area contributed by atoms with E-state index in [4.69, 9.17) is 14.2 Å². The molecular weight excluding hydrogens is 244 g/mol. The molecule has 1 aromatic carbocycles. The highest BCUT2D eigenvalue weighted by atomic mass is 16.5. The molecule has 4 nitrogen and oxygen atoms in total. The minimum Gasteiger partial charge on any atom is -0.497 e. The summed E-state index contributed by atoms with van der Waals surface area (Å²) < 4.78 is 15.5. The van der Waals surface area contributed by atoms with E-state index in [1.165, 1.54) is 6.08 Å². The molecule has 104 valence electrons. The highest BCUT2D eigenvalue weighted by Gasteiger charge is 2.01. The van der Waals surface area contributed by atoms with Gasteiger partial charge >= 0.3 is 5.97 Å². The fourth-order valence-corrected chi connectivity index (χ4v) is 1.41. The van der Waals surface area contributed by atoms with E-state index in [9.17, 15) is 4.79 Å². The minimum atomic E-state index is -0.345. The first kappa shape index (κ1) is 15.2. The molecule has 0 fully saturated rings. The van der Waals surface area contributed by atoms with E-state index < -0.39 is 0 Å². The molecule has 0 spiro atoms. The Kier molecular flexibility index (Phi) is 6.68. The number of esters is 1. The van der Waals surface area contributed by atoms with E-state index >= 15 is 0 Å². The van der Waals surface area contributed by atoms with Crippen LogP contribution in [-0.2, 0) is 20.9 Å². The van der Waals surface area contributed by atoms with Gasteiger partial charge in [-0.25, -0.2) is 4.79 Å². The predicted molar refractivity (Wildman–Crippen MR) is 73.0 cm³/mol. The Morgan fingerprint density at radius 2 is 2.00 bits per heavy atom. The van der Waals surface area contributed by atoms with E-state index in [2.05, 4.69) is 0 Å². The number of methoxy groups -OCH3 is 1. The van der Waals surface area contributed by atoms with Gasteiger partial charge in [-0.1, -0.05) is 12.1 Å². The van der Waals surface area contributed by atoms with Crippen molar-refractivity contribution in [3.8, 4) is 5.75 Å². The standard InChI is InChI=1S/C15H20O4/c1-4-18-15(16)10-5-12(2)19-11-13-6-8-14(17-3)9-7-13/h5-10,12H,4,11H2,1-3H3/b10-5+/t12-/m1/s1. The number of rotatable bonds is 7. The van der Waals surface area contributed by atoms with Crippen LogP contribution in [0.25, 0.3) is 0 Å². The molecule has 0 N–H and O–H groups in total. The monoisotopic (exact) mass is 264 g/mol. The largest absolute Gasteiger partial charge is 0.497 e. The fourth-order valence-electron chi connectivity index (χ4n) is 1.41. The molecule has 4 heteroatoms. The molecule has 0 aromatic heterocycles. The minimum absolute atomic E-state index is 0.147. The summed E-state index contributed by atoms with van der Waals surface area (Å²) in [4.78, 5) is 11.1. The zero-order valence-corrected chi connectivity index (χ0v) is 11.6. The average Bonchev–Trinajstić information content (AvgIpc) is 2.44. The molecule has 1 atom stereocenters. The fraction of sp³-hybridized carbons (Fsp3) is 0.400. The third-order valence-electron chi connectivity index (χ3n) is 2.46. The molecule has 0 aliphatic carbocycles. The van der Waals surface area contributed by atoms with E-state index in [1.54, 1.807) is 20.1 Å². The quantitative estimate of drug-likeness (QED) is 0.561. The van der Waals surface area contributed by atoms with Crippen LogP contribution in [0.4, 0.5) is 0 Å². The van der Waals surface area contributed by atoms with Crippen LogP contribution < -0.4 is 4.74 Å². The van der Waals surface area contributed by atoms with Crippen molar-refractivity contribution in [2.24, 2.45) is 0 Å². The van der Waals surface area contributed by atoms with Crippen molar-refractivity contribution < 1.29 is 19.0 Å². The second kappa shape index (κ2) is 8.32. The molecule has 0 amide bonds. The Balaban J connectivity index is 2.36. The summed E-state index contributed by atoms with van der Waals surface area (Å²) in [6, 6.07) is 7.66. The van der Waals surface area contributed by atoms with E-state index in [1.807, 2.05) is 31.2 Å². The SMILES string of the molecule is CCOC(=O)/C=C/[C@@H](C)OCc1ccc(OC)cc1. The lowest BCUT2D eigenvalue weighted by molar-refractivity contribution is -0.137. The molecule has 0 saturated heterocycles. The van der Waals surface area contributed by atoms with E-state index in [0.29, 0.717) is 13.2 Å². The van der Waals surface area contributed by atoms with Gasteiger partial charge in [0.15, 0.2) is 0 Å². The number of carbonyl (C=O) groups excluding carboxylic acids is 1. The van der Waals surface area contributed by atoms with Gasteiger partial charge in [-0.15, -0.1) is 0 Å². The van der Waals surface area contributed by atoms with Crippen molar-refractivity contribution in [2.75, 3.05) is 13.7 Å². The van der Waals surface area contributed by atoms with Gasteiger partial charge in [-0.3, -0.25) is 0 Å². The summed E-state index contributed by atoms with van der Waals surface area (Å²) in [6.45, 7) is 4.51. The number of carbonyl (C=O) groups is 1. The molecule has 0 unspecified atom stereocenters. The van der Waals surface area contributed by atoms with Gasteiger partial charge in [0.05, 0.1) is 26.4 Å². The zero-order chi connectivity index (χ0) is 14.1. The van der Waals surface area contributed by atoms with Crippen molar-refractivity contribution >= 4 is 5.97 Å². The van der Waals surface area contributed by atoms with Crippen LogP contribution in [-0.4, -0.2) is 25.8 Å². The summed E-state index contributed by atoms with van der Waals surface area (Å²) in [5, 5.41) is 0. The van der Waals surface area contributed by atoms with Crippen LogP contribution in [0.2, 0.25) is 0 Å². The second-order valence-electron chi connectivity index (χ2n) is 3.98. The molecular formula is C15H20O4. The Hall–Kier alpha value is -1.81. The Bertz CT molecular complexity index is 409. The van der Waals surface area contributed by atoms with Gasteiger partial charge < -0.3 is 14.2 Å².